The van der Waals surface area contributed by atoms with Crippen LogP contribution in [0.3, 0.4) is 0 Å². The highest BCUT2D eigenvalue weighted by molar-refractivity contribution is 6.83. The van der Waals surface area contributed by atoms with Crippen LogP contribution in [-0.4, -0.2) is 34.7 Å². The van der Waals surface area contributed by atoms with Gasteiger partial charge in [0.25, 0.3) is 0 Å². The Bertz CT molecular complexity index is 656. The quantitative estimate of drug-likeness (QED) is 0.295. The zero-order valence-electron chi connectivity index (χ0n) is 17.3. The van der Waals surface area contributed by atoms with E-state index in [1.54, 1.807) is 0 Å². The van der Waals surface area contributed by atoms with Crippen LogP contribution in [-0.2, 0) is 9.16 Å². The minimum atomic E-state index is -1.66. The number of allylic oxidation sites excluding steroid dienone is 1. The molecule has 138 valence electrons. The van der Waals surface area contributed by atoms with E-state index in [0.29, 0.717) is 0 Å². The molecule has 0 N–H and O–H groups in total. The molecule has 0 aromatic rings. The predicted molar refractivity (Wildman–Crippen MR) is 112 cm³/mol. The van der Waals surface area contributed by atoms with Gasteiger partial charge < -0.3 is 9.16 Å². The van der Waals surface area contributed by atoms with Gasteiger partial charge in [0.2, 0.25) is 0 Å². The minimum Gasteiger partial charge on any atom is -0.416 e. The second-order valence-corrected chi connectivity index (χ2v) is 19.3. The molecule has 0 unspecified atom stereocenters. The van der Waals surface area contributed by atoms with Crippen LogP contribution in [0.2, 0.25) is 37.8 Å². The second-order valence-electron chi connectivity index (χ2n) is 9.72. The molecule has 2 atom stereocenters. The molecule has 0 radical (unpaired) electrons. The first-order valence-corrected chi connectivity index (χ1v) is 15.8. The van der Waals surface area contributed by atoms with Crippen LogP contribution in [0.4, 0.5) is 0 Å². The molecule has 1 saturated heterocycles. The van der Waals surface area contributed by atoms with Gasteiger partial charge in [-0.1, -0.05) is 64.2 Å². The molecule has 2 rings (SSSR count). The lowest BCUT2D eigenvalue weighted by Gasteiger charge is -2.35. The fourth-order valence-electron chi connectivity index (χ4n) is 2.63. The number of rotatable bonds is 3. The lowest BCUT2D eigenvalue weighted by atomic mass is 9.98. The molecule has 0 saturated carbocycles. The van der Waals surface area contributed by atoms with Crippen molar-refractivity contribution in [2.45, 2.75) is 89.5 Å². The molecule has 0 bridgehead atoms. The first-order valence-electron chi connectivity index (χ1n) is 9.41. The van der Waals surface area contributed by atoms with E-state index in [1.807, 2.05) is 0 Å². The molecule has 2 aliphatic rings. The Kier molecular flexibility index (Phi) is 5.82. The van der Waals surface area contributed by atoms with E-state index in [1.165, 1.54) is 0 Å². The summed E-state index contributed by atoms with van der Waals surface area (Å²) < 4.78 is 12.2. The molecule has 4 heteroatoms. The van der Waals surface area contributed by atoms with Crippen molar-refractivity contribution >= 4 is 16.4 Å². The van der Waals surface area contributed by atoms with E-state index >= 15 is 0 Å². The summed E-state index contributed by atoms with van der Waals surface area (Å²) in [7, 11) is -3.01. The van der Waals surface area contributed by atoms with E-state index in [9.17, 15) is 0 Å². The number of epoxide rings is 1. The normalized spacial score (nSPS) is 25.8. The third-order valence-electron chi connectivity index (χ3n) is 5.31. The molecule has 1 aliphatic heterocycles. The Morgan fingerprint density at radius 1 is 1.24 bits per heavy atom. The summed E-state index contributed by atoms with van der Waals surface area (Å²) in [6, 6.07) is 0. The number of hydrogen-bond acceptors (Lipinski definition) is 2. The summed E-state index contributed by atoms with van der Waals surface area (Å²) in [5.74, 6) is 10.0. The van der Waals surface area contributed by atoms with Crippen molar-refractivity contribution in [3.8, 4) is 23.3 Å². The SMILES string of the molecule is CC(C)(C)[Si](C)(C)OCCC#CC1=CCC[C@]12O[C@@H]2C#C[Si](C)(C)C. The van der Waals surface area contributed by atoms with Crippen LogP contribution in [0.25, 0.3) is 0 Å². The summed E-state index contributed by atoms with van der Waals surface area (Å²) in [6.07, 6.45) is 5.16. The maximum Gasteiger partial charge on any atom is 0.192 e. The van der Waals surface area contributed by atoms with Gasteiger partial charge in [0.1, 0.15) is 13.7 Å². The van der Waals surface area contributed by atoms with E-state index in [0.717, 1.165) is 31.4 Å². The average Bonchev–Trinajstić information content (AvgIpc) is 3.00. The van der Waals surface area contributed by atoms with E-state index in [2.05, 4.69) is 82.9 Å². The largest absolute Gasteiger partial charge is 0.416 e. The number of hydrogen-bond donors (Lipinski definition) is 0. The Hall–Kier alpha value is -0.786. The maximum atomic E-state index is 6.19. The van der Waals surface area contributed by atoms with E-state index in [4.69, 9.17) is 9.16 Å². The van der Waals surface area contributed by atoms with Crippen LogP contribution in [0.15, 0.2) is 11.6 Å². The van der Waals surface area contributed by atoms with Crippen LogP contribution in [0.1, 0.15) is 40.0 Å². The molecule has 0 amide bonds. The lowest BCUT2D eigenvalue weighted by Crippen LogP contribution is -2.40. The second kappa shape index (κ2) is 7.08. The highest BCUT2D eigenvalue weighted by atomic mass is 28.4. The van der Waals surface area contributed by atoms with Crippen LogP contribution >= 0.6 is 0 Å². The Morgan fingerprint density at radius 2 is 1.92 bits per heavy atom. The molecular weight excluding hydrogens is 340 g/mol. The Labute approximate surface area is 156 Å². The summed E-state index contributed by atoms with van der Waals surface area (Å²) in [5.41, 5.74) is 4.40. The van der Waals surface area contributed by atoms with Gasteiger partial charge in [-0.25, -0.2) is 0 Å². The molecule has 1 fully saturated rings. The maximum absolute atomic E-state index is 6.19. The first kappa shape index (κ1) is 20.5. The van der Waals surface area contributed by atoms with Crippen molar-refractivity contribution in [1.29, 1.82) is 0 Å². The molecule has 1 spiro atoms. The highest BCUT2D eigenvalue weighted by Crippen LogP contribution is 2.50. The van der Waals surface area contributed by atoms with Crippen LogP contribution < -0.4 is 0 Å². The Morgan fingerprint density at radius 3 is 2.52 bits per heavy atom. The monoisotopic (exact) mass is 374 g/mol. The van der Waals surface area contributed by atoms with Crippen molar-refractivity contribution < 1.29 is 9.16 Å². The van der Waals surface area contributed by atoms with Gasteiger partial charge >= 0.3 is 0 Å². The van der Waals surface area contributed by atoms with Crippen LogP contribution in [0, 0.1) is 23.3 Å². The Balaban J connectivity index is 1.88. The summed E-state index contributed by atoms with van der Waals surface area (Å²) in [4.78, 5) is 0. The van der Waals surface area contributed by atoms with Gasteiger partial charge in [0.15, 0.2) is 14.4 Å². The topological polar surface area (TPSA) is 21.8 Å². The van der Waals surface area contributed by atoms with Gasteiger partial charge in [-0.3, -0.25) is 0 Å². The molecule has 25 heavy (non-hydrogen) atoms. The molecule has 0 aromatic heterocycles. The standard InChI is InChI=1S/C21H34O2Si2/c1-20(2,3)25(7,8)22-16-10-9-12-18-13-11-15-21(18)19(23-21)14-17-24(4,5)6/h13,19H,10-11,15-16H2,1-8H3/t19-,21+/m1/s1. The van der Waals surface area contributed by atoms with Gasteiger partial charge in [0, 0.05) is 18.6 Å². The lowest BCUT2D eigenvalue weighted by molar-refractivity contribution is 0.296. The first-order chi connectivity index (χ1) is 11.4. The van der Waals surface area contributed by atoms with Crippen molar-refractivity contribution in [3.63, 3.8) is 0 Å². The van der Waals surface area contributed by atoms with Gasteiger partial charge in [-0.05, 0) is 31.0 Å². The highest BCUT2D eigenvalue weighted by Gasteiger charge is 2.59. The third kappa shape index (κ3) is 5.11. The zero-order chi connectivity index (χ0) is 18.9. The zero-order valence-corrected chi connectivity index (χ0v) is 19.3. The minimum absolute atomic E-state index is 0.0609. The average molecular weight is 375 g/mol. The molecular formula is C21H34O2Si2. The van der Waals surface area contributed by atoms with E-state index in [-0.39, 0.29) is 16.7 Å². The van der Waals surface area contributed by atoms with Crippen molar-refractivity contribution in [2.24, 2.45) is 0 Å². The van der Waals surface area contributed by atoms with Gasteiger partial charge in [-0.2, -0.15) is 0 Å². The summed E-state index contributed by atoms with van der Waals surface area (Å²) in [6.45, 7) is 18.9. The fourth-order valence-corrected chi connectivity index (χ4v) is 4.24. The molecule has 0 aromatic carbocycles. The molecule has 1 heterocycles. The van der Waals surface area contributed by atoms with Crippen LogP contribution in [0.5, 0.6) is 0 Å². The number of ether oxygens (including phenoxy) is 1. The van der Waals surface area contributed by atoms with Gasteiger partial charge in [0.05, 0.1) is 0 Å². The fraction of sp³-hybridized carbons (Fsp3) is 0.714. The summed E-state index contributed by atoms with van der Waals surface area (Å²) in [5, 5.41) is 0.253. The van der Waals surface area contributed by atoms with Crippen molar-refractivity contribution in [1.82, 2.24) is 0 Å². The third-order valence-corrected chi connectivity index (χ3v) is 10.7. The van der Waals surface area contributed by atoms with E-state index < -0.39 is 16.4 Å². The smallest absolute Gasteiger partial charge is 0.192 e. The summed E-state index contributed by atoms with van der Waals surface area (Å²) >= 11 is 0. The molecule has 2 nitrogen and oxygen atoms in total. The van der Waals surface area contributed by atoms with Crippen molar-refractivity contribution in [3.05, 3.63) is 11.6 Å². The molecule has 1 aliphatic carbocycles. The predicted octanol–water partition coefficient (Wildman–Crippen LogP) is 5.14. The van der Waals surface area contributed by atoms with Crippen molar-refractivity contribution in [2.75, 3.05) is 6.61 Å². The van der Waals surface area contributed by atoms with Gasteiger partial charge in [-0.15, -0.1) is 5.54 Å².